The molecule has 4 rings (SSSR count). The van der Waals surface area contributed by atoms with Gasteiger partial charge in [-0.05, 0) is 37.7 Å². The van der Waals surface area contributed by atoms with Crippen LogP contribution in [0.2, 0.25) is 0 Å². The summed E-state index contributed by atoms with van der Waals surface area (Å²) in [6.07, 6.45) is 9.50. The Morgan fingerprint density at radius 3 is 2.50 bits per heavy atom. The number of nitrogens with zero attached hydrogens (tertiary/aromatic N) is 1. The molecule has 4 nitrogen and oxygen atoms in total. The molecule has 1 atom stereocenters. The fourth-order valence-corrected chi connectivity index (χ4v) is 4.81. The molecule has 0 radical (unpaired) electrons. The molecule has 3 fully saturated rings. The summed E-state index contributed by atoms with van der Waals surface area (Å²) >= 11 is 0. The minimum absolute atomic E-state index is 0.0373. The third kappa shape index (κ3) is 3.65. The van der Waals surface area contributed by atoms with Crippen LogP contribution in [0.15, 0.2) is 30.3 Å². The molecule has 2 aliphatic carbocycles. The lowest BCUT2D eigenvalue weighted by atomic mass is 9.69. The molecule has 3 aliphatic rings. The number of benzene rings is 1. The standard InChI is InChI=1S/C22H30N2O2/c25-20-12-9-17(15-24(20)19-10-11-19)21(26)23-16-22(13-5-2-6-14-22)18-7-3-1-4-8-18/h1,3-4,7-8,17,19H,2,5-6,9-16H2,(H,23,26)/t17-/m0/s1. The molecule has 1 aliphatic heterocycles. The summed E-state index contributed by atoms with van der Waals surface area (Å²) in [6.45, 7) is 1.34. The van der Waals surface area contributed by atoms with Crippen molar-refractivity contribution in [3.8, 4) is 0 Å². The quantitative estimate of drug-likeness (QED) is 0.881. The maximum absolute atomic E-state index is 12.9. The topological polar surface area (TPSA) is 49.4 Å². The molecule has 0 aromatic heterocycles. The van der Waals surface area contributed by atoms with E-state index in [-0.39, 0.29) is 23.1 Å². The number of likely N-dealkylation sites (tertiary alicyclic amines) is 1. The second-order valence-electron chi connectivity index (χ2n) is 8.44. The summed E-state index contributed by atoms with van der Waals surface area (Å²) < 4.78 is 0. The van der Waals surface area contributed by atoms with E-state index >= 15 is 0 Å². The number of carbonyl (C=O) groups excluding carboxylic acids is 2. The molecule has 2 saturated carbocycles. The van der Waals surface area contributed by atoms with Crippen LogP contribution < -0.4 is 5.32 Å². The van der Waals surface area contributed by atoms with Gasteiger partial charge in [0.2, 0.25) is 11.8 Å². The molecular formula is C22H30N2O2. The largest absolute Gasteiger partial charge is 0.355 e. The molecule has 1 aromatic rings. The van der Waals surface area contributed by atoms with Crippen LogP contribution >= 0.6 is 0 Å². The molecule has 1 heterocycles. The van der Waals surface area contributed by atoms with Crippen LogP contribution in [0.1, 0.15) is 63.4 Å². The van der Waals surface area contributed by atoms with Gasteiger partial charge in [0.05, 0.1) is 5.92 Å². The van der Waals surface area contributed by atoms with Crippen molar-refractivity contribution < 1.29 is 9.59 Å². The summed E-state index contributed by atoms with van der Waals surface area (Å²) in [5.41, 5.74) is 1.44. The van der Waals surface area contributed by atoms with Crippen molar-refractivity contribution in [3.05, 3.63) is 35.9 Å². The second-order valence-corrected chi connectivity index (χ2v) is 8.44. The Morgan fingerprint density at radius 1 is 1.08 bits per heavy atom. The third-order valence-corrected chi connectivity index (χ3v) is 6.60. The van der Waals surface area contributed by atoms with Gasteiger partial charge in [-0.3, -0.25) is 9.59 Å². The number of carbonyl (C=O) groups is 2. The van der Waals surface area contributed by atoms with E-state index in [1.54, 1.807) is 0 Å². The van der Waals surface area contributed by atoms with Gasteiger partial charge in [0.25, 0.3) is 0 Å². The summed E-state index contributed by atoms with van der Waals surface area (Å²) in [7, 11) is 0. The number of rotatable bonds is 5. The minimum Gasteiger partial charge on any atom is -0.355 e. The smallest absolute Gasteiger partial charge is 0.224 e. The maximum Gasteiger partial charge on any atom is 0.224 e. The van der Waals surface area contributed by atoms with Crippen LogP contribution in [0.25, 0.3) is 0 Å². The number of hydrogen-bond donors (Lipinski definition) is 1. The molecule has 1 aromatic carbocycles. The first-order chi connectivity index (χ1) is 12.7. The predicted octanol–water partition coefficient (Wildman–Crippen LogP) is 3.41. The Morgan fingerprint density at radius 2 is 1.81 bits per heavy atom. The molecule has 140 valence electrons. The zero-order chi connectivity index (χ0) is 18.0. The summed E-state index contributed by atoms with van der Waals surface area (Å²) in [5.74, 6) is 0.346. The zero-order valence-corrected chi connectivity index (χ0v) is 15.6. The van der Waals surface area contributed by atoms with Gasteiger partial charge in [0.1, 0.15) is 0 Å². The van der Waals surface area contributed by atoms with E-state index in [9.17, 15) is 9.59 Å². The van der Waals surface area contributed by atoms with Crippen LogP contribution in [0.3, 0.4) is 0 Å². The van der Waals surface area contributed by atoms with Crippen LogP contribution in [0, 0.1) is 5.92 Å². The van der Waals surface area contributed by atoms with Crippen LogP contribution in [-0.4, -0.2) is 35.8 Å². The van der Waals surface area contributed by atoms with E-state index in [0.717, 1.165) is 32.2 Å². The molecule has 0 bridgehead atoms. The van der Waals surface area contributed by atoms with Crippen LogP contribution in [0.5, 0.6) is 0 Å². The van der Waals surface area contributed by atoms with Crippen molar-refractivity contribution >= 4 is 11.8 Å². The lowest BCUT2D eigenvalue weighted by Crippen LogP contribution is -2.49. The van der Waals surface area contributed by atoms with Crippen molar-refractivity contribution in [1.82, 2.24) is 10.2 Å². The highest BCUT2D eigenvalue weighted by atomic mass is 16.2. The second kappa shape index (κ2) is 7.42. The number of piperidine rings is 1. The summed E-state index contributed by atoms with van der Waals surface area (Å²) in [4.78, 5) is 26.9. The lowest BCUT2D eigenvalue weighted by Gasteiger charge is -2.39. The minimum atomic E-state index is -0.0373. The highest BCUT2D eigenvalue weighted by molar-refractivity contribution is 5.84. The molecule has 0 spiro atoms. The van der Waals surface area contributed by atoms with E-state index in [1.807, 2.05) is 4.90 Å². The number of nitrogens with one attached hydrogen (secondary N) is 1. The summed E-state index contributed by atoms with van der Waals surface area (Å²) in [6, 6.07) is 11.1. The SMILES string of the molecule is O=C(NCC1(c2ccccc2)CCCCC1)[C@H]1CCC(=O)N(C2CC2)C1. The van der Waals surface area contributed by atoms with E-state index in [1.165, 1.54) is 24.8 Å². The summed E-state index contributed by atoms with van der Waals surface area (Å²) in [5, 5.41) is 3.28. The van der Waals surface area contributed by atoms with Gasteiger partial charge >= 0.3 is 0 Å². The van der Waals surface area contributed by atoms with Crippen molar-refractivity contribution in [2.45, 2.75) is 69.2 Å². The first-order valence-electron chi connectivity index (χ1n) is 10.3. The number of amides is 2. The van der Waals surface area contributed by atoms with Gasteiger partial charge < -0.3 is 10.2 Å². The van der Waals surface area contributed by atoms with Crippen molar-refractivity contribution in [1.29, 1.82) is 0 Å². The first kappa shape index (κ1) is 17.6. The fourth-order valence-electron chi connectivity index (χ4n) is 4.81. The average molecular weight is 354 g/mol. The highest BCUT2D eigenvalue weighted by Gasteiger charge is 2.39. The van der Waals surface area contributed by atoms with Gasteiger partial charge in [0.15, 0.2) is 0 Å². The monoisotopic (exact) mass is 354 g/mol. The van der Waals surface area contributed by atoms with Crippen molar-refractivity contribution in [2.24, 2.45) is 5.92 Å². The molecule has 1 N–H and O–H groups in total. The van der Waals surface area contributed by atoms with Crippen molar-refractivity contribution in [3.63, 3.8) is 0 Å². The van der Waals surface area contributed by atoms with E-state index in [4.69, 9.17) is 0 Å². The van der Waals surface area contributed by atoms with Gasteiger partial charge in [0, 0.05) is 31.0 Å². The Hall–Kier alpha value is -1.84. The molecule has 4 heteroatoms. The fraction of sp³-hybridized carbons (Fsp3) is 0.636. The normalized spacial score (nSPS) is 25.8. The van der Waals surface area contributed by atoms with Crippen LogP contribution in [0.4, 0.5) is 0 Å². The number of hydrogen-bond acceptors (Lipinski definition) is 2. The Balaban J connectivity index is 1.41. The van der Waals surface area contributed by atoms with Gasteiger partial charge in [-0.1, -0.05) is 49.6 Å². The van der Waals surface area contributed by atoms with E-state index in [0.29, 0.717) is 25.4 Å². The van der Waals surface area contributed by atoms with Gasteiger partial charge in [-0.25, -0.2) is 0 Å². The molecule has 26 heavy (non-hydrogen) atoms. The first-order valence-corrected chi connectivity index (χ1v) is 10.3. The lowest BCUT2D eigenvalue weighted by molar-refractivity contribution is -0.138. The maximum atomic E-state index is 12.9. The van der Waals surface area contributed by atoms with E-state index in [2.05, 4.69) is 35.6 Å². The Labute approximate surface area is 156 Å². The molecular weight excluding hydrogens is 324 g/mol. The van der Waals surface area contributed by atoms with Crippen molar-refractivity contribution in [2.75, 3.05) is 13.1 Å². The highest BCUT2D eigenvalue weighted by Crippen LogP contribution is 2.39. The van der Waals surface area contributed by atoms with Gasteiger partial charge in [-0.2, -0.15) is 0 Å². The Bertz CT molecular complexity index is 647. The van der Waals surface area contributed by atoms with E-state index < -0.39 is 0 Å². The molecule has 2 amide bonds. The van der Waals surface area contributed by atoms with Crippen LogP contribution in [-0.2, 0) is 15.0 Å². The zero-order valence-electron chi connectivity index (χ0n) is 15.6. The Kier molecular flexibility index (Phi) is 5.01. The predicted molar refractivity (Wildman–Crippen MR) is 102 cm³/mol. The third-order valence-electron chi connectivity index (χ3n) is 6.60. The molecule has 0 unspecified atom stereocenters. The molecule has 1 saturated heterocycles. The average Bonchev–Trinajstić information content (AvgIpc) is 3.53. The van der Waals surface area contributed by atoms with Gasteiger partial charge in [-0.15, -0.1) is 0 Å².